The summed E-state index contributed by atoms with van der Waals surface area (Å²) in [4.78, 5) is 0. The molecule has 1 nitrogen and oxygen atoms in total. The Kier molecular flexibility index (Phi) is 3.17. The normalized spacial score (nSPS) is 21.2. The van der Waals surface area contributed by atoms with Crippen LogP contribution < -0.4 is 5.73 Å². The van der Waals surface area contributed by atoms with Crippen molar-refractivity contribution in [3.05, 3.63) is 47.3 Å². The molecule has 1 unspecified atom stereocenters. The van der Waals surface area contributed by atoms with Gasteiger partial charge in [-0.1, -0.05) is 23.8 Å². The number of halogens is 1. The van der Waals surface area contributed by atoms with E-state index in [1.54, 1.807) is 0 Å². The van der Waals surface area contributed by atoms with Crippen LogP contribution in [-0.4, -0.2) is 6.04 Å². The van der Waals surface area contributed by atoms with Crippen LogP contribution in [0.5, 0.6) is 0 Å². The first kappa shape index (κ1) is 10.4. The van der Waals surface area contributed by atoms with E-state index in [0.717, 1.165) is 25.7 Å². The van der Waals surface area contributed by atoms with Crippen LogP contribution in [0.4, 0.5) is 4.39 Å². The van der Waals surface area contributed by atoms with Crippen molar-refractivity contribution in [3.8, 4) is 0 Å². The van der Waals surface area contributed by atoms with Crippen molar-refractivity contribution in [1.29, 1.82) is 0 Å². The predicted molar refractivity (Wildman–Crippen MR) is 60.0 cm³/mol. The zero-order chi connectivity index (χ0) is 10.7. The lowest BCUT2D eigenvalue weighted by atomic mass is 9.92. The summed E-state index contributed by atoms with van der Waals surface area (Å²) in [7, 11) is 0. The van der Waals surface area contributed by atoms with Crippen LogP contribution >= 0.6 is 0 Å². The van der Waals surface area contributed by atoms with Gasteiger partial charge in [0.15, 0.2) is 0 Å². The van der Waals surface area contributed by atoms with Gasteiger partial charge in [-0.15, -0.1) is 0 Å². The number of hydrogen-bond acceptors (Lipinski definition) is 1. The van der Waals surface area contributed by atoms with Crippen molar-refractivity contribution in [2.24, 2.45) is 5.73 Å². The van der Waals surface area contributed by atoms with Crippen molar-refractivity contribution in [1.82, 2.24) is 0 Å². The monoisotopic (exact) mass is 205 g/mol. The van der Waals surface area contributed by atoms with Gasteiger partial charge in [-0.2, -0.15) is 0 Å². The lowest BCUT2D eigenvalue weighted by Crippen LogP contribution is -2.22. The molecule has 1 aliphatic carbocycles. The summed E-state index contributed by atoms with van der Waals surface area (Å²) < 4.78 is 12.7. The molecule has 0 fully saturated rings. The van der Waals surface area contributed by atoms with E-state index in [0.29, 0.717) is 6.04 Å². The third kappa shape index (κ3) is 2.90. The van der Waals surface area contributed by atoms with Crippen LogP contribution in [0.2, 0.25) is 0 Å². The SMILES string of the molecule is NC1CC=C(Cc2ccc(F)cc2)CC1. The van der Waals surface area contributed by atoms with Crippen LogP contribution in [0.3, 0.4) is 0 Å². The van der Waals surface area contributed by atoms with Gasteiger partial charge in [0.2, 0.25) is 0 Å². The van der Waals surface area contributed by atoms with Gasteiger partial charge in [-0.25, -0.2) is 4.39 Å². The summed E-state index contributed by atoms with van der Waals surface area (Å²) in [5.74, 6) is -0.168. The van der Waals surface area contributed by atoms with Crippen molar-refractivity contribution < 1.29 is 4.39 Å². The summed E-state index contributed by atoms with van der Waals surface area (Å²) >= 11 is 0. The molecule has 0 aromatic heterocycles. The Morgan fingerprint density at radius 2 is 2.00 bits per heavy atom. The number of allylic oxidation sites excluding steroid dienone is 1. The summed E-state index contributed by atoms with van der Waals surface area (Å²) in [5, 5.41) is 0. The Hall–Kier alpha value is -1.15. The van der Waals surface area contributed by atoms with Gasteiger partial charge in [0.1, 0.15) is 5.82 Å². The second kappa shape index (κ2) is 4.58. The van der Waals surface area contributed by atoms with E-state index in [-0.39, 0.29) is 5.82 Å². The number of nitrogens with two attached hydrogens (primary N) is 1. The van der Waals surface area contributed by atoms with Crippen molar-refractivity contribution >= 4 is 0 Å². The molecule has 0 heterocycles. The average Bonchev–Trinajstić information content (AvgIpc) is 2.25. The lowest BCUT2D eigenvalue weighted by Gasteiger charge is -2.18. The van der Waals surface area contributed by atoms with Crippen molar-refractivity contribution in [2.75, 3.05) is 0 Å². The van der Waals surface area contributed by atoms with E-state index in [4.69, 9.17) is 5.73 Å². The highest BCUT2D eigenvalue weighted by Gasteiger charge is 2.10. The molecule has 0 spiro atoms. The fourth-order valence-corrected chi connectivity index (χ4v) is 1.93. The molecule has 0 radical (unpaired) electrons. The molecule has 2 rings (SSSR count). The van der Waals surface area contributed by atoms with Crippen LogP contribution in [0.15, 0.2) is 35.9 Å². The topological polar surface area (TPSA) is 26.0 Å². The molecule has 0 amide bonds. The number of hydrogen-bond donors (Lipinski definition) is 1. The number of benzene rings is 1. The third-order valence-corrected chi connectivity index (χ3v) is 2.89. The standard InChI is InChI=1S/C13H16FN/c14-12-5-1-10(2-6-12)9-11-3-7-13(15)8-4-11/h1-3,5-6,13H,4,7-9,15H2. The smallest absolute Gasteiger partial charge is 0.123 e. The molecule has 0 saturated heterocycles. The van der Waals surface area contributed by atoms with Gasteiger partial charge < -0.3 is 5.73 Å². The Morgan fingerprint density at radius 3 is 2.60 bits per heavy atom. The Bertz CT molecular complexity index is 353. The van der Waals surface area contributed by atoms with Crippen LogP contribution in [0.1, 0.15) is 24.8 Å². The van der Waals surface area contributed by atoms with Gasteiger partial charge in [0, 0.05) is 6.04 Å². The van der Waals surface area contributed by atoms with Gasteiger partial charge in [-0.3, -0.25) is 0 Å². The first-order valence-electron chi connectivity index (χ1n) is 5.42. The summed E-state index contributed by atoms with van der Waals surface area (Å²) in [5.41, 5.74) is 8.43. The minimum atomic E-state index is -0.168. The molecule has 80 valence electrons. The van der Waals surface area contributed by atoms with E-state index >= 15 is 0 Å². The van der Waals surface area contributed by atoms with Gasteiger partial charge in [0.25, 0.3) is 0 Å². The van der Waals surface area contributed by atoms with E-state index in [1.165, 1.54) is 23.3 Å². The second-order valence-corrected chi connectivity index (χ2v) is 4.20. The highest BCUT2D eigenvalue weighted by molar-refractivity contribution is 5.23. The second-order valence-electron chi connectivity index (χ2n) is 4.20. The zero-order valence-electron chi connectivity index (χ0n) is 8.75. The Balaban J connectivity index is 2.00. The van der Waals surface area contributed by atoms with Crippen molar-refractivity contribution in [2.45, 2.75) is 31.7 Å². The van der Waals surface area contributed by atoms with Crippen LogP contribution in [-0.2, 0) is 6.42 Å². The van der Waals surface area contributed by atoms with Gasteiger partial charge in [0.05, 0.1) is 0 Å². The zero-order valence-corrected chi connectivity index (χ0v) is 8.75. The van der Waals surface area contributed by atoms with Crippen molar-refractivity contribution in [3.63, 3.8) is 0 Å². The molecule has 1 atom stereocenters. The Morgan fingerprint density at radius 1 is 1.27 bits per heavy atom. The van der Waals surface area contributed by atoms with Gasteiger partial charge >= 0.3 is 0 Å². The quantitative estimate of drug-likeness (QED) is 0.738. The maximum atomic E-state index is 12.7. The molecule has 2 heteroatoms. The van der Waals surface area contributed by atoms with Gasteiger partial charge in [-0.05, 0) is 43.4 Å². The highest BCUT2D eigenvalue weighted by atomic mass is 19.1. The summed E-state index contributed by atoms with van der Waals surface area (Å²) in [6, 6.07) is 7.08. The molecular formula is C13H16FN. The average molecular weight is 205 g/mol. The minimum Gasteiger partial charge on any atom is -0.327 e. The molecule has 1 aliphatic rings. The molecule has 0 saturated carbocycles. The largest absolute Gasteiger partial charge is 0.327 e. The lowest BCUT2D eigenvalue weighted by molar-refractivity contribution is 0.583. The molecule has 1 aromatic rings. The molecular weight excluding hydrogens is 189 g/mol. The molecule has 2 N–H and O–H groups in total. The van der Waals surface area contributed by atoms with Crippen LogP contribution in [0, 0.1) is 5.82 Å². The molecule has 1 aromatic carbocycles. The maximum absolute atomic E-state index is 12.7. The fraction of sp³-hybridized carbons (Fsp3) is 0.385. The maximum Gasteiger partial charge on any atom is 0.123 e. The van der Waals surface area contributed by atoms with Crippen LogP contribution in [0.25, 0.3) is 0 Å². The van der Waals surface area contributed by atoms with E-state index in [2.05, 4.69) is 6.08 Å². The fourth-order valence-electron chi connectivity index (χ4n) is 1.93. The molecule has 15 heavy (non-hydrogen) atoms. The summed E-state index contributed by atoms with van der Waals surface area (Å²) in [6.07, 6.45) is 6.31. The summed E-state index contributed by atoms with van der Waals surface area (Å²) in [6.45, 7) is 0. The Labute approximate surface area is 89.8 Å². The van der Waals surface area contributed by atoms with E-state index in [9.17, 15) is 4.39 Å². The first-order chi connectivity index (χ1) is 7.24. The molecule has 0 bridgehead atoms. The first-order valence-corrected chi connectivity index (χ1v) is 5.42. The molecule has 0 aliphatic heterocycles. The van der Waals surface area contributed by atoms with E-state index in [1.807, 2.05) is 12.1 Å². The predicted octanol–water partition coefficient (Wildman–Crippen LogP) is 2.81. The number of rotatable bonds is 2. The third-order valence-electron chi connectivity index (χ3n) is 2.89. The highest BCUT2D eigenvalue weighted by Crippen LogP contribution is 2.20. The minimum absolute atomic E-state index is 0.168. The van der Waals surface area contributed by atoms with E-state index < -0.39 is 0 Å².